The van der Waals surface area contributed by atoms with Crippen molar-refractivity contribution in [3.8, 4) is 5.75 Å². The molecule has 110 valence electrons. The van der Waals surface area contributed by atoms with Gasteiger partial charge in [0, 0.05) is 6.20 Å². The molecule has 2 aromatic rings. The van der Waals surface area contributed by atoms with Crippen molar-refractivity contribution in [3.05, 3.63) is 58.9 Å². The van der Waals surface area contributed by atoms with Gasteiger partial charge in [0.05, 0.1) is 23.4 Å². The Labute approximate surface area is 130 Å². The first-order valence-electron chi connectivity index (χ1n) is 7.29. The number of hydrogen-bond acceptors (Lipinski definition) is 3. The number of hydrogen-bond donors (Lipinski definition) is 1. The van der Waals surface area contributed by atoms with Crippen molar-refractivity contribution >= 4 is 11.6 Å². The van der Waals surface area contributed by atoms with Gasteiger partial charge in [0.2, 0.25) is 0 Å². The smallest absolute Gasteiger partial charge is 0.122 e. The first-order valence-corrected chi connectivity index (χ1v) is 7.67. The van der Waals surface area contributed by atoms with E-state index in [1.165, 1.54) is 5.56 Å². The van der Waals surface area contributed by atoms with Crippen LogP contribution in [0.5, 0.6) is 5.75 Å². The largest absolute Gasteiger partial charge is 0.493 e. The van der Waals surface area contributed by atoms with Gasteiger partial charge in [-0.3, -0.25) is 4.98 Å². The highest BCUT2D eigenvalue weighted by Gasteiger charge is 2.25. The van der Waals surface area contributed by atoms with E-state index in [-0.39, 0.29) is 6.04 Å². The van der Waals surface area contributed by atoms with Gasteiger partial charge in [-0.05, 0) is 49.6 Å². The zero-order valence-electron chi connectivity index (χ0n) is 12.1. The third kappa shape index (κ3) is 3.04. The molecule has 0 aliphatic carbocycles. The first kappa shape index (κ1) is 14.4. The second-order valence-corrected chi connectivity index (χ2v) is 5.73. The van der Waals surface area contributed by atoms with E-state index in [1.807, 2.05) is 31.3 Å². The third-order valence-electron chi connectivity index (χ3n) is 4.07. The quantitative estimate of drug-likeness (QED) is 0.928. The predicted molar refractivity (Wildman–Crippen MR) is 85.0 cm³/mol. The van der Waals surface area contributed by atoms with E-state index in [9.17, 15) is 0 Å². The molecule has 0 saturated carbocycles. The van der Waals surface area contributed by atoms with Crippen LogP contribution in [0.4, 0.5) is 0 Å². The molecule has 1 aliphatic rings. The molecule has 4 heteroatoms. The second kappa shape index (κ2) is 6.46. The maximum absolute atomic E-state index is 6.29. The van der Waals surface area contributed by atoms with Crippen LogP contribution < -0.4 is 10.1 Å². The Morgan fingerprint density at radius 1 is 1.33 bits per heavy atom. The molecule has 0 amide bonds. The number of ether oxygens (including phenoxy) is 1. The van der Waals surface area contributed by atoms with Crippen molar-refractivity contribution in [2.24, 2.45) is 0 Å². The molecule has 3 nitrogen and oxygen atoms in total. The van der Waals surface area contributed by atoms with Crippen LogP contribution in [0.15, 0.2) is 42.6 Å². The van der Waals surface area contributed by atoms with Crippen LogP contribution in [0.3, 0.4) is 0 Å². The van der Waals surface area contributed by atoms with E-state index in [0.29, 0.717) is 5.92 Å². The van der Waals surface area contributed by atoms with E-state index in [1.54, 1.807) is 6.20 Å². The fourth-order valence-electron chi connectivity index (χ4n) is 2.97. The highest BCUT2D eigenvalue weighted by atomic mass is 35.5. The standard InChI is InChI=1S/C17H19ClN2O/c1-19-15(17-14(18)6-4-9-20-17)11-12-8-10-21-16-7-3-2-5-13(12)16/h2-7,9,12,15,19H,8,10-11H2,1H3. The van der Waals surface area contributed by atoms with Gasteiger partial charge in [0.1, 0.15) is 5.75 Å². The second-order valence-electron chi connectivity index (χ2n) is 5.32. The maximum Gasteiger partial charge on any atom is 0.122 e. The molecule has 1 aromatic heterocycles. The van der Waals surface area contributed by atoms with Gasteiger partial charge in [0.25, 0.3) is 0 Å². The topological polar surface area (TPSA) is 34.1 Å². The number of rotatable bonds is 4. The molecule has 0 radical (unpaired) electrons. The number of fused-ring (bicyclic) bond motifs is 1. The molecule has 3 rings (SSSR count). The van der Waals surface area contributed by atoms with E-state index in [4.69, 9.17) is 16.3 Å². The predicted octanol–water partition coefficient (Wildman–Crippen LogP) is 3.95. The number of benzene rings is 1. The van der Waals surface area contributed by atoms with Gasteiger partial charge < -0.3 is 10.1 Å². The minimum Gasteiger partial charge on any atom is -0.493 e. The lowest BCUT2D eigenvalue weighted by Crippen LogP contribution is -2.23. The van der Waals surface area contributed by atoms with E-state index in [2.05, 4.69) is 22.4 Å². The molecule has 21 heavy (non-hydrogen) atoms. The molecular formula is C17H19ClN2O. The molecule has 1 N–H and O–H groups in total. The van der Waals surface area contributed by atoms with E-state index < -0.39 is 0 Å². The number of para-hydroxylation sites is 1. The Morgan fingerprint density at radius 3 is 3.00 bits per heavy atom. The SMILES string of the molecule is CNC(CC1CCOc2ccccc21)c1ncccc1Cl. The van der Waals surface area contributed by atoms with Crippen molar-refractivity contribution in [1.29, 1.82) is 0 Å². The Bertz CT molecular complexity index is 617. The van der Waals surface area contributed by atoms with Crippen molar-refractivity contribution in [2.45, 2.75) is 24.8 Å². The number of pyridine rings is 1. The van der Waals surface area contributed by atoms with Crippen LogP contribution in [-0.4, -0.2) is 18.6 Å². The zero-order chi connectivity index (χ0) is 14.7. The summed E-state index contributed by atoms with van der Waals surface area (Å²) in [5, 5.41) is 4.07. The summed E-state index contributed by atoms with van der Waals surface area (Å²) in [7, 11) is 1.96. The van der Waals surface area contributed by atoms with Gasteiger partial charge >= 0.3 is 0 Å². The van der Waals surface area contributed by atoms with Crippen molar-refractivity contribution < 1.29 is 4.74 Å². The van der Waals surface area contributed by atoms with Gasteiger partial charge in [-0.15, -0.1) is 0 Å². The van der Waals surface area contributed by atoms with Gasteiger partial charge in [-0.1, -0.05) is 29.8 Å². The first-order chi connectivity index (χ1) is 10.3. The van der Waals surface area contributed by atoms with Crippen LogP contribution in [0, 0.1) is 0 Å². The lowest BCUT2D eigenvalue weighted by Gasteiger charge is -2.29. The molecule has 1 aromatic carbocycles. The lowest BCUT2D eigenvalue weighted by molar-refractivity contribution is 0.256. The van der Waals surface area contributed by atoms with Crippen LogP contribution in [0.25, 0.3) is 0 Å². The zero-order valence-corrected chi connectivity index (χ0v) is 12.8. The molecule has 1 aliphatic heterocycles. The van der Waals surface area contributed by atoms with Crippen LogP contribution in [0.2, 0.25) is 5.02 Å². The highest BCUT2D eigenvalue weighted by molar-refractivity contribution is 6.31. The minimum atomic E-state index is 0.148. The highest BCUT2D eigenvalue weighted by Crippen LogP contribution is 2.39. The Morgan fingerprint density at radius 2 is 2.19 bits per heavy atom. The fourth-order valence-corrected chi connectivity index (χ4v) is 3.22. The molecule has 0 saturated heterocycles. The Balaban J connectivity index is 1.84. The van der Waals surface area contributed by atoms with E-state index >= 15 is 0 Å². The Kier molecular flexibility index (Phi) is 4.42. The number of halogens is 1. The lowest BCUT2D eigenvalue weighted by atomic mass is 9.86. The fraction of sp³-hybridized carbons (Fsp3) is 0.353. The summed E-state index contributed by atoms with van der Waals surface area (Å²) in [5.74, 6) is 1.47. The average Bonchev–Trinajstić information content (AvgIpc) is 2.53. The maximum atomic E-state index is 6.29. The summed E-state index contributed by atoms with van der Waals surface area (Å²) >= 11 is 6.29. The molecule has 2 unspecified atom stereocenters. The normalized spacial score (nSPS) is 18.7. The summed E-state index contributed by atoms with van der Waals surface area (Å²) in [4.78, 5) is 4.45. The van der Waals surface area contributed by atoms with Crippen molar-refractivity contribution in [3.63, 3.8) is 0 Å². The van der Waals surface area contributed by atoms with Crippen LogP contribution >= 0.6 is 11.6 Å². The molecule has 2 heterocycles. The third-order valence-corrected chi connectivity index (χ3v) is 4.39. The number of nitrogens with one attached hydrogen (secondary N) is 1. The van der Waals surface area contributed by atoms with Crippen molar-refractivity contribution in [1.82, 2.24) is 10.3 Å². The molecule has 0 spiro atoms. The molecule has 0 fully saturated rings. The number of nitrogens with zero attached hydrogens (tertiary/aromatic N) is 1. The van der Waals surface area contributed by atoms with Crippen molar-refractivity contribution in [2.75, 3.05) is 13.7 Å². The summed E-state index contributed by atoms with van der Waals surface area (Å²) in [6, 6.07) is 12.2. The van der Waals surface area contributed by atoms with Gasteiger partial charge in [-0.2, -0.15) is 0 Å². The van der Waals surface area contributed by atoms with Crippen LogP contribution in [-0.2, 0) is 0 Å². The summed E-state index contributed by atoms with van der Waals surface area (Å²) in [6.45, 7) is 0.772. The Hall–Kier alpha value is -1.58. The summed E-state index contributed by atoms with van der Waals surface area (Å²) in [5.41, 5.74) is 2.21. The summed E-state index contributed by atoms with van der Waals surface area (Å²) in [6.07, 6.45) is 3.79. The molecule has 2 atom stereocenters. The molecule has 0 bridgehead atoms. The summed E-state index contributed by atoms with van der Waals surface area (Å²) < 4.78 is 5.74. The average molecular weight is 303 g/mol. The van der Waals surface area contributed by atoms with Gasteiger partial charge in [-0.25, -0.2) is 0 Å². The van der Waals surface area contributed by atoms with Crippen LogP contribution in [0.1, 0.15) is 36.1 Å². The monoisotopic (exact) mass is 302 g/mol. The molecular weight excluding hydrogens is 284 g/mol. The number of aromatic nitrogens is 1. The van der Waals surface area contributed by atoms with Gasteiger partial charge in [0.15, 0.2) is 0 Å². The van der Waals surface area contributed by atoms with E-state index in [0.717, 1.165) is 35.9 Å². The minimum absolute atomic E-state index is 0.148.